The molecule has 2 heteroatoms. The Bertz CT molecular complexity index is 66.9. The molecule has 1 N–H and O–H groups in total. The molecule has 0 bridgehead atoms. The second-order valence-electron chi connectivity index (χ2n) is 3.00. The largest absolute Gasteiger partial charge is 0.316 e. The molecule has 1 fully saturated rings. The van der Waals surface area contributed by atoms with Crippen molar-refractivity contribution in [2.24, 2.45) is 5.92 Å². The summed E-state index contributed by atoms with van der Waals surface area (Å²) in [6, 6.07) is 0. The third kappa shape index (κ3) is 3.43. The lowest BCUT2D eigenvalue weighted by Crippen LogP contribution is -2.29. The van der Waals surface area contributed by atoms with Crippen LogP contribution in [-0.2, 0) is 0 Å². The molecule has 0 spiro atoms. The van der Waals surface area contributed by atoms with Crippen LogP contribution in [0.3, 0.4) is 0 Å². The van der Waals surface area contributed by atoms with Crippen LogP contribution in [0.5, 0.6) is 0 Å². The smallest absolute Gasteiger partial charge is 0.00205 e. The van der Waals surface area contributed by atoms with Gasteiger partial charge in [-0.2, -0.15) is 0 Å². The third-order valence-electron chi connectivity index (χ3n) is 2.10. The van der Waals surface area contributed by atoms with Crippen LogP contribution in [0.15, 0.2) is 0 Å². The van der Waals surface area contributed by atoms with Gasteiger partial charge in [-0.1, -0.05) is 13.3 Å². The van der Waals surface area contributed by atoms with Gasteiger partial charge in [0.1, 0.15) is 0 Å². The van der Waals surface area contributed by atoms with Gasteiger partial charge in [0.05, 0.1) is 0 Å². The van der Waals surface area contributed by atoms with E-state index in [1.165, 1.54) is 38.8 Å². The van der Waals surface area contributed by atoms with Crippen LogP contribution in [-0.4, -0.2) is 13.1 Å². The molecule has 0 saturated carbocycles. The average molecular weight is 164 g/mol. The molecule has 10 heavy (non-hydrogen) atoms. The number of hydrogen-bond donors (Lipinski definition) is 1. The lowest BCUT2D eigenvalue weighted by Gasteiger charge is -2.21. The lowest BCUT2D eigenvalue weighted by molar-refractivity contribution is 0.355. The van der Waals surface area contributed by atoms with Crippen LogP contribution in [0.1, 0.15) is 32.6 Å². The normalized spacial score (nSPS) is 25.5. The van der Waals surface area contributed by atoms with E-state index in [4.69, 9.17) is 0 Å². The second-order valence-corrected chi connectivity index (χ2v) is 3.00. The molecule has 0 amide bonds. The highest BCUT2D eigenvalue weighted by Gasteiger charge is 2.10. The molecule has 1 nitrogen and oxygen atoms in total. The van der Waals surface area contributed by atoms with Crippen LogP contribution >= 0.6 is 12.4 Å². The minimum atomic E-state index is 0. The standard InChI is InChI=1S/C8H17N.ClH/c1-2-4-8-5-3-6-9-7-8;/h8-9H,2-7H2,1H3;1H. The molecule has 1 heterocycles. The molecule has 0 radical (unpaired) electrons. The number of piperidine rings is 1. The van der Waals surface area contributed by atoms with Crippen molar-refractivity contribution in [2.75, 3.05) is 13.1 Å². The highest BCUT2D eigenvalue weighted by atomic mass is 35.5. The van der Waals surface area contributed by atoms with E-state index in [0.717, 1.165) is 5.92 Å². The van der Waals surface area contributed by atoms with Crippen molar-refractivity contribution in [2.45, 2.75) is 32.6 Å². The SMILES string of the molecule is CCCC1CCCNC1.Cl. The van der Waals surface area contributed by atoms with Crippen molar-refractivity contribution >= 4 is 12.4 Å². The predicted molar refractivity (Wildman–Crippen MR) is 47.7 cm³/mol. The monoisotopic (exact) mass is 163 g/mol. The van der Waals surface area contributed by atoms with Gasteiger partial charge in [0, 0.05) is 0 Å². The Morgan fingerprint density at radius 1 is 1.50 bits per heavy atom. The van der Waals surface area contributed by atoms with Crippen LogP contribution in [0.25, 0.3) is 0 Å². The first kappa shape index (κ1) is 10.2. The molecule has 0 aromatic carbocycles. The summed E-state index contributed by atoms with van der Waals surface area (Å²) in [6.45, 7) is 4.79. The number of hydrogen-bond acceptors (Lipinski definition) is 1. The maximum atomic E-state index is 3.42. The fourth-order valence-corrected chi connectivity index (χ4v) is 1.58. The van der Waals surface area contributed by atoms with Crippen LogP contribution < -0.4 is 5.32 Å². The molecule has 1 aliphatic rings. The summed E-state index contributed by atoms with van der Waals surface area (Å²) in [7, 11) is 0. The van der Waals surface area contributed by atoms with E-state index in [0.29, 0.717) is 0 Å². The summed E-state index contributed by atoms with van der Waals surface area (Å²) < 4.78 is 0. The molecular weight excluding hydrogens is 146 g/mol. The van der Waals surface area contributed by atoms with Gasteiger partial charge < -0.3 is 5.32 Å². The van der Waals surface area contributed by atoms with Gasteiger partial charge in [-0.25, -0.2) is 0 Å². The molecule has 62 valence electrons. The van der Waals surface area contributed by atoms with Crippen LogP contribution in [0, 0.1) is 5.92 Å². The quantitative estimate of drug-likeness (QED) is 0.659. The Kier molecular flexibility index (Phi) is 6.14. The van der Waals surface area contributed by atoms with Gasteiger partial charge in [-0.15, -0.1) is 12.4 Å². The highest BCUT2D eigenvalue weighted by Crippen LogP contribution is 2.14. The summed E-state index contributed by atoms with van der Waals surface area (Å²) in [5, 5.41) is 3.42. The van der Waals surface area contributed by atoms with Crippen LogP contribution in [0.2, 0.25) is 0 Å². The molecule has 1 rings (SSSR count). The fourth-order valence-electron chi connectivity index (χ4n) is 1.58. The Labute approximate surface area is 70.0 Å². The molecular formula is C8H18ClN. The lowest BCUT2D eigenvalue weighted by atomic mass is 9.95. The van der Waals surface area contributed by atoms with Crippen molar-refractivity contribution in [1.29, 1.82) is 0 Å². The molecule has 0 aromatic heterocycles. The number of halogens is 1. The summed E-state index contributed by atoms with van der Waals surface area (Å²) in [6.07, 6.45) is 5.63. The Balaban J connectivity index is 0.000000810. The predicted octanol–water partition coefficient (Wildman–Crippen LogP) is 2.21. The van der Waals surface area contributed by atoms with Crippen molar-refractivity contribution < 1.29 is 0 Å². The first-order valence-corrected chi connectivity index (χ1v) is 4.14. The zero-order chi connectivity index (χ0) is 6.53. The molecule has 0 aromatic rings. The van der Waals surface area contributed by atoms with Gasteiger partial charge in [0.2, 0.25) is 0 Å². The van der Waals surface area contributed by atoms with E-state index in [2.05, 4.69) is 12.2 Å². The molecule has 1 aliphatic heterocycles. The van der Waals surface area contributed by atoms with E-state index in [9.17, 15) is 0 Å². The minimum Gasteiger partial charge on any atom is -0.316 e. The maximum absolute atomic E-state index is 3.42. The van der Waals surface area contributed by atoms with E-state index in [-0.39, 0.29) is 12.4 Å². The van der Waals surface area contributed by atoms with Crippen molar-refractivity contribution in [3.8, 4) is 0 Å². The Morgan fingerprint density at radius 3 is 2.80 bits per heavy atom. The Hall–Kier alpha value is 0.250. The molecule has 1 unspecified atom stereocenters. The van der Waals surface area contributed by atoms with Crippen molar-refractivity contribution in [3.05, 3.63) is 0 Å². The van der Waals surface area contributed by atoms with E-state index in [1.54, 1.807) is 0 Å². The topological polar surface area (TPSA) is 12.0 Å². The third-order valence-corrected chi connectivity index (χ3v) is 2.10. The second kappa shape index (κ2) is 5.99. The van der Waals surface area contributed by atoms with Gasteiger partial charge in [-0.3, -0.25) is 0 Å². The fraction of sp³-hybridized carbons (Fsp3) is 1.00. The maximum Gasteiger partial charge on any atom is -0.00205 e. The van der Waals surface area contributed by atoms with Crippen LogP contribution in [0.4, 0.5) is 0 Å². The van der Waals surface area contributed by atoms with Gasteiger partial charge in [-0.05, 0) is 38.3 Å². The Morgan fingerprint density at radius 2 is 2.30 bits per heavy atom. The minimum absolute atomic E-state index is 0. The van der Waals surface area contributed by atoms with Crippen molar-refractivity contribution in [3.63, 3.8) is 0 Å². The van der Waals surface area contributed by atoms with E-state index < -0.39 is 0 Å². The van der Waals surface area contributed by atoms with E-state index >= 15 is 0 Å². The summed E-state index contributed by atoms with van der Waals surface area (Å²) in [5.74, 6) is 0.990. The number of rotatable bonds is 2. The van der Waals surface area contributed by atoms with Gasteiger partial charge in [0.25, 0.3) is 0 Å². The summed E-state index contributed by atoms with van der Waals surface area (Å²) in [5.41, 5.74) is 0. The first-order valence-electron chi connectivity index (χ1n) is 4.14. The van der Waals surface area contributed by atoms with Crippen molar-refractivity contribution in [1.82, 2.24) is 5.32 Å². The average Bonchev–Trinajstić information content (AvgIpc) is 1.91. The van der Waals surface area contributed by atoms with Gasteiger partial charge in [0.15, 0.2) is 0 Å². The summed E-state index contributed by atoms with van der Waals surface area (Å²) in [4.78, 5) is 0. The van der Waals surface area contributed by atoms with E-state index in [1.807, 2.05) is 0 Å². The molecule has 1 saturated heterocycles. The molecule has 1 atom stereocenters. The number of nitrogens with one attached hydrogen (secondary N) is 1. The van der Waals surface area contributed by atoms with Gasteiger partial charge >= 0.3 is 0 Å². The zero-order valence-corrected chi connectivity index (χ0v) is 7.54. The molecule has 0 aliphatic carbocycles. The zero-order valence-electron chi connectivity index (χ0n) is 6.73. The first-order chi connectivity index (χ1) is 4.43. The summed E-state index contributed by atoms with van der Waals surface area (Å²) >= 11 is 0. The highest BCUT2D eigenvalue weighted by molar-refractivity contribution is 5.85.